The molecular formula is C24H30FN3O3. The average molecular weight is 428 g/mol. The van der Waals surface area contributed by atoms with Crippen LogP contribution in [0.15, 0.2) is 42.5 Å². The number of amides is 2. The predicted octanol–water partition coefficient (Wildman–Crippen LogP) is 4.08. The molecule has 31 heavy (non-hydrogen) atoms. The Bertz CT molecular complexity index is 911. The van der Waals surface area contributed by atoms with Crippen LogP contribution in [0.5, 0.6) is 0 Å². The Morgan fingerprint density at radius 3 is 2.61 bits per heavy atom. The molecule has 1 saturated heterocycles. The third-order valence-electron chi connectivity index (χ3n) is 5.52. The minimum absolute atomic E-state index is 0.188. The van der Waals surface area contributed by atoms with Crippen LogP contribution >= 0.6 is 0 Å². The van der Waals surface area contributed by atoms with E-state index in [0.717, 1.165) is 38.0 Å². The highest BCUT2D eigenvalue weighted by molar-refractivity contribution is 6.06. The Kier molecular flexibility index (Phi) is 8.00. The van der Waals surface area contributed by atoms with E-state index in [-0.39, 0.29) is 11.5 Å². The standard InChI is InChI=1S/C24H30FN3O3/c1-17-9-12-28(13-10-17)22-8-7-20(16-21(22)24(30)26-11-4-14-31-2)27-23(29)18-5-3-6-19(25)15-18/h3,5-8,15-17H,4,9-14H2,1-2H3,(H,26,30)(H,27,29). The monoisotopic (exact) mass is 427 g/mol. The highest BCUT2D eigenvalue weighted by Crippen LogP contribution is 2.29. The van der Waals surface area contributed by atoms with Crippen molar-refractivity contribution in [3.63, 3.8) is 0 Å². The number of nitrogens with one attached hydrogen (secondary N) is 2. The van der Waals surface area contributed by atoms with Crippen molar-refractivity contribution in [2.75, 3.05) is 43.6 Å². The number of piperidine rings is 1. The van der Waals surface area contributed by atoms with E-state index >= 15 is 0 Å². The van der Waals surface area contributed by atoms with Crippen LogP contribution in [0.3, 0.4) is 0 Å². The fourth-order valence-corrected chi connectivity index (χ4v) is 3.67. The summed E-state index contributed by atoms with van der Waals surface area (Å²) in [5, 5.41) is 5.70. The van der Waals surface area contributed by atoms with Gasteiger partial charge in [-0.2, -0.15) is 0 Å². The molecule has 1 fully saturated rings. The normalized spacial score (nSPS) is 14.4. The molecule has 1 aliphatic rings. The van der Waals surface area contributed by atoms with E-state index < -0.39 is 11.7 Å². The lowest BCUT2D eigenvalue weighted by atomic mass is 9.97. The van der Waals surface area contributed by atoms with Crippen molar-refractivity contribution in [1.29, 1.82) is 0 Å². The molecule has 0 saturated carbocycles. The molecule has 6 nitrogen and oxygen atoms in total. The molecule has 2 aromatic carbocycles. The van der Waals surface area contributed by atoms with E-state index in [9.17, 15) is 14.0 Å². The number of anilines is 2. The van der Waals surface area contributed by atoms with Crippen molar-refractivity contribution in [3.8, 4) is 0 Å². The zero-order valence-electron chi connectivity index (χ0n) is 18.1. The van der Waals surface area contributed by atoms with Crippen molar-refractivity contribution in [2.45, 2.75) is 26.2 Å². The molecule has 0 bridgehead atoms. The van der Waals surface area contributed by atoms with Gasteiger partial charge in [0.05, 0.1) is 5.56 Å². The summed E-state index contributed by atoms with van der Waals surface area (Å²) in [4.78, 5) is 27.7. The molecule has 0 radical (unpaired) electrons. The molecule has 0 aliphatic carbocycles. The topological polar surface area (TPSA) is 70.7 Å². The van der Waals surface area contributed by atoms with Crippen molar-refractivity contribution in [1.82, 2.24) is 5.32 Å². The second-order valence-electron chi connectivity index (χ2n) is 7.97. The fourth-order valence-electron chi connectivity index (χ4n) is 3.67. The molecule has 0 unspecified atom stereocenters. The molecule has 7 heteroatoms. The lowest BCUT2D eigenvalue weighted by molar-refractivity contribution is 0.0947. The number of ether oxygens (including phenoxy) is 1. The van der Waals surface area contributed by atoms with Gasteiger partial charge in [-0.3, -0.25) is 9.59 Å². The molecule has 0 spiro atoms. The van der Waals surface area contributed by atoms with Crippen LogP contribution in [0.25, 0.3) is 0 Å². The lowest BCUT2D eigenvalue weighted by Gasteiger charge is -2.33. The Hall–Kier alpha value is -2.93. The van der Waals surface area contributed by atoms with Gasteiger partial charge in [0.15, 0.2) is 0 Å². The Morgan fingerprint density at radius 2 is 1.90 bits per heavy atom. The van der Waals surface area contributed by atoms with Gasteiger partial charge in [0.2, 0.25) is 0 Å². The second kappa shape index (κ2) is 10.9. The maximum Gasteiger partial charge on any atom is 0.255 e. The van der Waals surface area contributed by atoms with Gasteiger partial charge in [-0.15, -0.1) is 0 Å². The van der Waals surface area contributed by atoms with Crippen molar-refractivity contribution < 1.29 is 18.7 Å². The zero-order chi connectivity index (χ0) is 22.2. The number of benzene rings is 2. The van der Waals surface area contributed by atoms with E-state index in [2.05, 4.69) is 22.5 Å². The van der Waals surface area contributed by atoms with E-state index in [1.54, 1.807) is 25.3 Å². The second-order valence-corrected chi connectivity index (χ2v) is 7.97. The van der Waals surface area contributed by atoms with Crippen LogP contribution in [0.4, 0.5) is 15.8 Å². The minimum atomic E-state index is -0.474. The number of nitrogens with zero attached hydrogens (tertiary/aromatic N) is 1. The molecular weight excluding hydrogens is 397 g/mol. The Labute approximate surface area is 182 Å². The summed E-state index contributed by atoms with van der Waals surface area (Å²) in [6, 6.07) is 10.9. The van der Waals surface area contributed by atoms with Gasteiger partial charge in [-0.05, 0) is 61.6 Å². The number of carbonyl (C=O) groups is 2. The first-order chi connectivity index (χ1) is 15.0. The third-order valence-corrected chi connectivity index (χ3v) is 5.52. The van der Waals surface area contributed by atoms with Crippen molar-refractivity contribution >= 4 is 23.2 Å². The van der Waals surface area contributed by atoms with Crippen LogP contribution in [-0.4, -0.2) is 45.2 Å². The fraction of sp³-hybridized carbons (Fsp3) is 0.417. The smallest absolute Gasteiger partial charge is 0.255 e. The van der Waals surface area contributed by atoms with E-state index in [1.807, 2.05) is 6.07 Å². The quantitative estimate of drug-likeness (QED) is 0.623. The van der Waals surface area contributed by atoms with Crippen molar-refractivity contribution in [2.24, 2.45) is 5.92 Å². The van der Waals surface area contributed by atoms with Gasteiger partial charge in [0, 0.05) is 50.3 Å². The van der Waals surface area contributed by atoms with Crippen LogP contribution in [0.2, 0.25) is 0 Å². The summed E-state index contributed by atoms with van der Waals surface area (Å²) >= 11 is 0. The first-order valence-corrected chi connectivity index (χ1v) is 10.7. The minimum Gasteiger partial charge on any atom is -0.385 e. The van der Waals surface area contributed by atoms with Gasteiger partial charge in [-0.25, -0.2) is 4.39 Å². The highest BCUT2D eigenvalue weighted by atomic mass is 19.1. The number of hydrogen-bond donors (Lipinski definition) is 2. The van der Waals surface area contributed by atoms with Crippen LogP contribution in [-0.2, 0) is 4.74 Å². The van der Waals surface area contributed by atoms with Crippen LogP contribution in [0, 0.1) is 11.7 Å². The molecule has 2 N–H and O–H groups in total. The molecule has 1 aliphatic heterocycles. The van der Waals surface area contributed by atoms with Gasteiger partial charge >= 0.3 is 0 Å². The number of halogens is 1. The summed E-state index contributed by atoms with van der Waals surface area (Å²) in [6.45, 7) is 5.09. The van der Waals surface area contributed by atoms with E-state index in [0.29, 0.717) is 30.3 Å². The molecule has 2 amide bonds. The number of rotatable bonds is 8. The maximum atomic E-state index is 13.4. The lowest BCUT2D eigenvalue weighted by Crippen LogP contribution is -2.35. The molecule has 3 rings (SSSR count). The molecule has 0 aromatic heterocycles. The number of methoxy groups -OCH3 is 1. The largest absolute Gasteiger partial charge is 0.385 e. The Balaban J connectivity index is 1.81. The van der Waals surface area contributed by atoms with Crippen LogP contribution in [0.1, 0.15) is 46.9 Å². The Morgan fingerprint density at radius 1 is 1.13 bits per heavy atom. The average Bonchev–Trinajstić information content (AvgIpc) is 2.77. The maximum absolute atomic E-state index is 13.4. The summed E-state index contributed by atoms with van der Waals surface area (Å²) in [7, 11) is 1.63. The highest BCUT2D eigenvalue weighted by Gasteiger charge is 2.22. The summed E-state index contributed by atoms with van der Waals surface area (Å²) < 4.78 is 18.5. The predicted molar refractivity (Wildman–Crippen MR) is 120 cm³/mol. The summed E-state index contributed by atoms with van der Waals surface area (Å²) in [5.74, 6) is -0.414. The van der Waals surface area contributed by atoms with Gasteiger partial charge < -0.3 is 20.3 Å². The third kappa shape index (κ3) is 6.28. The first-order valence-electron chi connectivity index (χ1n) is 10.7. The van der Waals surface area contributed by atoms with Gasteiger partial charge in [-0.1, -0.05) is 13.0 Å². The molecule has 1 heterocycles. The van der Waals surface area contributed by atoms with Crippen molar-refractivity contribution in [3.05, 3.63) is 59.4 Å². The first kappa shape index (κ1) is 22.7. The molecule has 0 atom stereocenters. The summed E-state index contributed by atoms with van der Waals surface area (Å²) in [6.07, 6.45) is 2.87. The molecule has 166 valence electrons. The number of carbonyl (C=O) groups excluding carboxylic acids is 2. The van der Waals surface area contributed by atoms with Gasteiger partial charge in [0.1, 0.15) is 5.82 Å². The van der Waals surface area contributed by atoms with Gasteiger partial charge in [0.25, 0.3) is 11.8 Å². The SMILES string of the molecule is COCCCNC(=O)c1cc(NC(=O)c2cccc(F)c2)ccc1N1CCC(C)CC1. The summed E-state index contributed by atoms with van der Waals surface area (Å²) in [5.41, 5.74) is 2.09. The zero-order valence-corrected chi connectivity index (χ0v) is 18.1. The van der Waals surface area contributed by atoms with Crippen LogP contribution < -0.4 is 15.5 Å². The van der Waals surface area contributed by atoms with E-state index in [4.69, 9.17) is 4.74 Å². The van der Waals surface area contributed by atoms with E-state index in [1.165, 1.54) is 18.2 Å². The molecule has 2 aromatic rings. The number of hydrogen-bond acceptors (Lipinski definition) is 4.